The van der Waals surface area contributed by atoms with E-state index in [4.69, 9.17) is 4.74 Å². The second kappa shape index (κ2) is 4.15. The van der Waals surface area contributed by atoms with Crippen molar-refractivity contribution in [1.29, 1.82) is 0 Å². The van der Waals surface area contributed by atoms with Crippen molar-refractivity contribution >= 4 is 11.9 Å². The van der Waals surface area contributed by atoms with Gasteiger partial charge >= 0.3 is 0 Å². The molecule has 0 atom stereocenters. The van der Waals surface area contributed by atoms with Crippen molar-refractivity contribution in [2.75, 3.05) is 18.5 Å². The van der Waals surface area contributed by atoms with E-state index in [2.05, 4.69) is 15.3 Å². The highest BCUT2D eigenvalue weighted by molar-refractivity contribution is 5.89. The zero-order chi connectivity index (χ0) is 9.80. The van der Waals surface area contributed by atoms with E-state index in [1.807, 2.05) is 0 Å². The topological polar surface area (TPSA) is 64.1 Å². The minimum atomic E-state index is -0.0514. The van der Waals surface area contributed by atoms with Gasteiger partial charge < -0.3 is 4.74 Å². The summed E-state index contributed by atoms with van der Waals surface area (Å²) in [4.78, 5) is 19.2. The van der Waals surface area contributed by atoms with Crippen LogP contribution < -0.4 is 5.32 Å². The monoisotopic (exact) mass is 193 g/mol. The van der Waals surface area contributed by atoms with Gasteiger partial charge in [0.15, 0.2) is 0 Å². The van der Waals surface area contributed by atoms with Gasteiger partial charge in [-0.3, -0.25) is 10.1 Å². The molecule has 0 bridgehead atoms. The van der Waals surface area contributed by atoms with Crippen LogP contribution in [0.4, 0.5) is 5.95 Å². The van der Waals surface area contributed by atoms with Gasteiger partial charge in [0.05, 0.1) is 13.2 Å². The Balaban J connectivity index is 1.82. The average molecular weight is 193 g/mol. The number of carbonyl (C=O) groups is 1. The van der Waals surface area contributed by atoms with Gasteiger partial charge in [-0.25, -0.2) is 9.97 Å². The molecule has 14 heavy (non-hydrogen) atoms. The van der Waals surface area contributed by atoms with Crippen molar-refractivity contribution in [3.05, 3.63) is 18.5 Å². The largest absolute Gasteiger partial charge is 0.381 e. The third kappa shape index (κ3) is 2.26. The van der Waals surface area contributed by atoms with Crippen molar-refractivity contribution < 1.29 is 9.53 Å². The molecule has 1 aliphatic rings. The molecule has 0 aromatic carbocycles. The molecular formula is C9H11N3O2. The summed E-state index contributed by atoms with van der Waals surface area (Å²) in [6, 6.07) is 1.70. The Morgan fingerprint density at radius 1 is 1.50 bits per heavy atom. The number of ether oxygens (including phenoxy) is 1. The van der Waals surface area contributed by atoms with Gasteiger partial charge in [0, 0.05) is 24.7 Å². The molecule has 5 heteroatoms. The summed E-state index contributed by atoms with van der Waals surface area (Å²) in [6.07, 6.45) is 3.67. The smallest absolute Gasteiger partial charge is 0.229 e. The summed E-state index contributed by atoms with van der Waals surface area (Å²) in [5, 5.41) is 2.62. The van der Waals surface area contributed by atoms with Crippen molar-refractivity contribution in [2.24, 2.45) is 5.92 Å². The molecule has 0 spiro atoms. The van der Waals surface area contributed by atoms with Crippen molar-refractivity contribution in [3.63, 3.8) is 0 Å². The van der Waals surface area contributed by atoms with Crippen LogP contribution >= 0.6 is 0 Å². The number of anilines is 1. The molecule has 2 heterocycles. The lowest BCUT2D eigenvalue weighted by molar-refractivity contribution is -0.121. The highest BCUT2D eigenvalue weighted by atomic mass is 16.5. The molecule has 0 radical (unpaired) electrons. The summed E-state index contributed by atoms with van der Waals surface area (Å²) in [7, 11) is 0. The van der Waals surface area contributed by atoms with E-state index in [-0.39, 0.29) is 5.91 Å². The number of aromatic nitrogens is 2. The molecule has 1 aromatic rings. The summed E-state index contributed by atoms with van der Waals surface area (Å²) >= 11 is 0. The Kier molecular flexibility index (Phi) is 2.69. The summed E-state index contributed by atoms with van der Waals surface area (Å²) in [6.45, 7) is 1.37. The summed E-state index contributed by atoms with van der Waals surface area (Å²) < 4.78 is 4.97. The first-order valence-electron chi connectivity index (χ1n) is 4.49. The first-order chi connectivity index (χ1) is 6.84. The van der Waals surface area contributed by atoms with Crippen molar-refractivity contribution in [3.8, 4) is 0 Å². The lowest BCUT2D eigenvalue weighted by Gasteiger charge is -2.24. The Labute approximate surface area is 81.5 Å². The van der Waals surface area contributed by atoms with Gasteiger partial charge in [0.25, 0.3) is 0 Å². The third-order valence-corrected chi connectivity index (χ3v) is 2.00. The zero-order valence-electron chi connectivity index (χ0n) is 7.64. The molecule has 74 valence electrons. The average Bonchev–Trinajstić information content (AvgIpc) is 2.13. The molecular weight excluding hydrogens is 182 g/mol. The standard InChI is InChI=1S/C9H11N3O2/c13-8(4-7-5-14-6-7)12-9-10-2-1-3-11-9/h1-3,7H,4-6H2,(H,10,11,12,13). The van der Waals surface area contributed by atoms with Crippen LogP contribution in [0.3, 0.4) is 0 Å². The second-order valence-electron chi connectivity index (χ2n) is 3.23. The first-order valence-corrected chi connectivity index (χ1v) is 4.49. The molecule has 0 saturated carbocycles. The van der Waals surface area contributed by atoms with E-state index in [1.54, 1.807) is 18.5 Å². The van der Waals surface area contributed by atoms with Crippen LogP contribution in [-0.4, -0.2) is 29.1 Å². The maximum Gasteiger partial charge on any atom is 0.229 e. The Hall–Kier alpha value is -1.49. The van der Waals surface area contributed by atoms with Crippen LogP contribution in [0.15, 0.2) is 18.5 Å². The molecule has 1 saturated heterocycles. The number of nitrogens with zero attached hydrogens (tertiary/aromatic N) is 2. The highest BCUT2D eigenvalue weighted by Gasteiger charge is 2.21. The molecule has 1 amide bonds. The molecule has 1 aromatic heterocycles. The van der Waals surface area contributed by atoms with Crippen LogP contribution in [0.1, 0.15) is 6.42 Å². The number of rotatable bonds is 3. The van der Waals surface area contributed by atoms with Gasteiger partial charge in [0.1, 0.15) is 0 Å². The van der Waals surface area contributed by atoms with Gasteiger partial charge in [-0.2, -0.15) is 0 Å². The minimum absolute atomic E-state index is 0.0514. The molecule has 0 unspecified atom stereocenters. The Bertz CT molecular complexity index is 311. The Morgan fingerprint density at radius 3 is 2.79 bits per heavy atom. The Morgan fingerprint density at radius 2 is 2.21 bits per heavy atom. The fourth-order valence-corrected chi connectivity index (χ4v) is 1.20. The van der Waals surface area contributed by atoms with Crippen LogP contribution in [0.5, 0.6) is 0 Å². The SMILES string of the molecule is O=C(CC1COC1)Nc1ncccn1. The molecule has 5 nitrogen and oxygen atoms in total. The molecule has 1 N–H and O–H groups in total. The van der Waals surface area contributed by atoms with Crippen LogP contribution in [-0.2, 0) is 9.53 Å². The normalized spacial score (nSPS) is 16.0. The van der Waals surface area contributed by atoms with Crippen molar-refractivity contribution in [2.45, 2.75) is 6.42 Å². The quantitative estimate of drug-likeness (QED) is 0.757. The van der Waals surface area contributed by atoms with Crippen LogP contribution in [0, 0.1) is 5.92 Å². The number of nitrogens with one attached hydrogen (secondary N) is 1. The van der Waals surface area contributed by atoms with Crippen LogP contribution in [0.2, 0.25) is 0 Å². The number of carbonyl (C=O) groups excluding carboxylic acids is 1. The number of hydrogen-bond donors (Lipinski definition) is 1. The van der Waals surface area contributed by atoms with E-state index in [1.165, 1.54) is 0 Å². The van der Waals surface area contributed by atoms with E-state index in [0.29, 0.717) is 31.5 Å². The predicted octanol–water partition coefficient (Wildman–Crippen LogP) is 0.452. The van der Waals surface area contributed by atoms with E-state index >= 15 is 0 Å². The predicted molar refractivity (Wildman–Crippen MR) is 49.6 cm³/mol. The van der Waals surface area contributed by atoms with Crippen molar-refractivity contribution in [1.82, 2.24) is 9.97 Å². The molecule has 2 rings (SSSR count). The lowest BCUT2D eigenvalue weighted by atomic mass is 10.0. The second-order valence-corrected chi connectivity index (χ2v) is 3.23. The highest BCUT2D eigenvalue weighted by Crippen LogP contribution is 2.14. The lowest BCUT2D eigenvalue weighted by Crippen LogP contribution is -2.31. The molecule has 1 aliphatic heterocycles. The maximum absolute atomic E-state index is 11.4. The number of hydrogen-bond acceptors (Lipinski definition) is 4. The van der Waals surface area contributed by atoms with Gasteiger partial charge in [-0.05, 0) is 6.07 Å². The fraction of sp³-hybridized carbons (Fsp3) is 0.444. The first kappa shape index (κ1) is 9.08. The zero-order valence-corrected chi connectivity index (χ0v) is 7.64. The number of amides is 1. The van der Waals surface area contributed by atoms with E-state index in [9.17, 15) is 4.79 Å². The molecule has 1 fully saturated rings. The van der Waals surface area contributed by atoms with Gasteiger partial charge in [0.2, 0.25) is 11.9 Å². The van der Waals surface area contributed by atoms with Gasteiger partial charge in [-0.15, -0.1) is 0 Å². The molecule has 0 aliphatic carbocycles. The maximum atomic E-state index is 11.4. The third-order valence-electron chi connectivity index (χ3n) is 2.00. The van der Waals surface area contributed by atoms with E-state index < -0.39 is 0 Å². The minimum Gasteiger partial charge on any atom is -0.381 e. The van der Waals surface area contributed by atoms with Gasteiger partial charge in [-0.1, -0.05) is 0 Å². The fourth-order valence-electron chi connectivity index (χ4n) is 1.20. The summed E-state index contributed by atoms with van der Waals surface area (Å²) in [5.41, 5.74) is 0. The van der Waals surface area contributed by atoms with Crippen LogP contribution in [0.25, 0.3) is 0 Å². The summed E-state index contributed by atoms with van der Waals surface area (Å²) in [5.74, 6) is 0.668. The van der Waals surface area contributed by atoms with E-state index in [0.717, 1.165) is 0 Å².